The van der Waals surface area contributed by atoms with Crippen molar-refractivity contribution in [3.05, 3.63) is 23.9 Å². The van der Waals surface area contributed by atoms with Crippen LogP contribution in [-0.2, 0) is 0 Å². The van der Waals surface area contributed by atoms with Crippen molar-refractivity contribution in [3.63, 3.8) is 0 Å². The molecule has 0 radical (unpaired) electrons. The van der Waals surface area contributed by atoms with Crippen LogP contribution in [0, 0.1) is 11.8 Å². The molecule has 1 aromatic rings. The van der Waals surface area contributed by atoms with Crippen LogP contribution in [0.1, 0.15) is 32.9 Å². The summed E-state index contributed by atoms with van der Waals surface area (Å²) in [4.78, 5) is 15.9. The molecule has 3 N–H and O–H groups in total. The van der Waals surface area contributed by atoms with E-state index in [-0.39, 0.29) is 18.2 Å². The van der Waals surface area contributed by atoms with E-state index in [9.17, 15) is 4.79 Å². The second-order valence-corrected chi connectivity index (χ2v) is 5.01. The molecule has 0 aliphatic carbocycles. The number of nitrogens with zero attached hydrogens (tertiary/aromatic N) is 1. The summed E-state index contributed by atoms with van der Waals surface area (Å²) in [6.07, 6.45) is 0.407. The summed E-state index contributed by atoms with van der Waals surface area (Å²) in [6.45, 7) is 5.73. The molecule has 0 saturated carbocycles. The first-order valence-corrected chi connectivity index (χ1v) is 6.07. The predicted octanol–water partition coefficient (Wildman–Crippen LogP) is 1.74. The summed E-state index contributed by atoms with van der Waals surface area (Å²) in [5, 5.41) is 14.1. The van der Waals surface area contributed by atoms with Gasteiger partial charge < -0.3 is 10.4 Å². The van der Waals surface area contributed by atoms with E-state index in [1.165, 1.54) is 0 Å². The molecule has 2 amide bonds. The van der Waals surface area contributed by atoms with E-state index >= 15 is 0 Å². The van der Waals surface area contributed by atoms with Gasteiger partial charge in [0, 0.05) is 12.0 Å². The number of pyridine rings is 1. The van der Waals surface area contributed by atoms with Gasteiger partial charge in [-0.05, 0) is 38.8 Å². The van der Waals surface area contributed by atoms with E-state index in [2.05, 4.69) is 27.5 Å². The van der Waals surface area contributed by atoms with Gasteiger partial charge in [0.1, 0.15) is 11.5 Å². The second-order valence-electron chi connectivity index (χ2n) is 5.01. The Morgan fingerprint density at radius 1 is 1.42 bits per heavy atom. The Labute approximate surface area is 113 Å². The van der Waals surface area contributed by atoms with E-state index in [0.717, 1.165) is 0 Å². The number of aromatic nitrogens is 1. The molecule has 0 aliphatic heterocycles. The van der Waals surface area contributed by atoms with Crippen molar-refractivity contribution >= 4 is 11.8 Å². The lowest BCUT2D eigenvalue weighted by molar-refractivity contribution is 0.243. The number of anilines is 1. The summed E-state index contributed by atoms with van der Waals surface area (Å²) in [5.74, 6) is 6.04. The third kappa shape index (κ3) is 6.43. The topological polar surface area (TPSA) is 74.2 Å². The number of carbonyl (C=O) groups excluding carboxylic acids is 1. The van der Waals surface area contributed by atoms with Crippen molar-refractivity contribution in [1.29, 1.82) is 0 Å². The molecule has 0 aromatic carbocycles. The number of aliphatic hydroxyl groups is 1. The van der Waals surface area contributed by atoms with Gasteiger partial charge in [-0.3, -0.25) is 5.32 Å². The number of aliphatic hydroxyl groups excluding tert-OH is 1. The number of nitrogens with one attached hydrogen (secondary N) is 2. The summed E-state index contributed by atoms with van der Waals surface area (Å²) in [5.41, 5.74) is 0.254. The minimum Gasteiger partial charge on any atom is -0.395 e. The van der Waals surface area contributed by atoms with E-state index < -0.39 is 0 Å². The highest BCUT2D eigenvalue weighted by Crippen LogP contribution is 2.05. The maximum absolute atomic E-state index is 11.7. The van der Waals surface area contributed by atoms with Crippen LogP contribution in [0.25, 0.3) is 0 Å². The van der Waals surface area contributed by atoms with Crippen LogP contribution in [0.3, 0.4) is 0 Å². The summed E-state index contributed by atoms with van der Waals surface area (Å²) >= 11 is 0. The number of rotatable bonds is 2. The van der Waals surface area contributed by atoms with Crippen LogP contribution >= 0.6 is 0 Å². The average molecular weight is 261 g/mol. The molecule has 1 rings (SSSR count). The molecule has 0 spiro atoms. The normalized spacial score (nSPS) is 10.3. The van der Waals surface area contributed by atoms with Crippen LogP contribution in [0.5, 0.6) is 0 Å². The zero-order chi connectivity index (χ0) is 14.3. The lowest BCUT2D eigenvalue weighted by Crippen LogP contribution is -2.43. The first-order chi connectivity index (χ1) is 8.90. The van der Waals surface area contributed by atoms with Gasteiger partial charge in [-0.15, -0.1) is 0 Å². The lowest BCUT2D eigenvalue weighted by atomic mass is 10.1. The van der Waals surface area contributed by atoms with Crippen molar-refractivity contribution < 1.29 is 9.90 Å². The molecule has 0 fully saturated rings. The van der Waals surface area contributed by atoms with Crippen LogP contribution in [0.4, 0.5) is 10.6 Å². The van der Waals surface area contributed by atoms with Crippen LogP contribution < -0.4 is 10.6 Å². The van der Waals surface area contributed by atoms with Crippen LogP contribution in [0.15, 0.2) is 18.2 Å². The van der Waals surface area contributed by atoms with Crippen molar-refractivity contribution in [2.75, 3.05) is 11.9 Å². The van der Waals surface area contributed by atoms with Gasteiger partial charge in [0.25, 0.3) is 0 Å². The molecular weight excluding hydrogens is 242 g/mol. The van der Waals surface area contributed by atoms with Gasteiger partial charge in [0.15, 0.2) is 0 Å². The van der Waals surface area contributed by atoms with Crippen molar-refractivity contribution in [2.45, 2.75) is 32.7 Å². The summed E-state index contributed by atoms with van der Waals surface area (Å²) in [6, 6.07) is 4.90. The number of amides is 2. The lowest BCUT2D eigenvalue weighted by Gasteiger charge is -2.20. The van der Waals surface area contributed by atoms with Gasteiger partial charge in [-0.1, -0.05) is 12.0 Å². The Morgan fingerprint density at radius 3 is 2.79 bits per heavy atom. The molecule has 1 aromatic heterocycles. The van der Waals surface area contributed by atoms with Gasteiger partial charge in [0.2, 0.25) is 0 Å². The third-order valence-corrected chi connectivity index (χ3v) is 1.93. The van der Waals surface area contributed by atoms with E-state index in [1.54, 1.807) is 18.2 Å². The average Bonchev–Trinajstić information content (AvgIpc) is 2.27. The number of hydrogen-bond donors (Lipinski definition) is 3. The second kappa shape index (κ2) is 6.76. The highest BCUT2D eigenvalue weighted by atomic mass is 16.2. The SMILES string of the molecule is CC(C)(C)NC(=O)Nc1cccc(C#CCCO)n1. The molecule has 5 nitrogen and oxygen atoms in total. The van der Waals surface area contributed by atoms with E-state index in [0.29, 0.717) is 17.9 Å². The van der Waals surface area contributed by atoms with Crippen molar-refractivity contribution in [2.24, 2.45) is 0 Å². The fourth-order valence-corrected chi connectivity index (χ4v) is 1.27. The Balaban J connectivity index is 2.68. The standard InChI is InChI=1S/C14H19N3O2/c1-14(2,3)17-13(19)16-12-9-6-8-11(15-12)7-4-5-10-18/h6,8-9,18H,5,10H2,1-3H3,(H2,15,16,17,19). The first-order valence-electron chi connectivity index (χ1n) is 6.07. The van der Waals surface area contributed by atoms with Crippen LogP contribution in [0.2, 0.25) is 0 Å². The van der Waals surface area contributed by atoms with Crippen molar-refractivity contribution in [1.82, 2.24) is 10.3 Å². The number of hydrogen-bond acceptors (Lipinski definition) is 3. The Bertz CT molecular complexity index is 495. The molecular formula is C14H19N3O2. The molecule has 0 saturated heterocycles. The summed E-state index contributed by atoms with van der Waals surface area (Å²) < 4.78 is 0. The number of urea groups is 1. The maximum atomic E-state index is 11.7. The van der Waals surface area contributed by atoms with Crippen LogP contribution in [-0.4, -0.2) is 28.3 Å². The maximum Gasteiger partial charge on any atom is 0.320 e. The van der Waals surface area contributed by atoms with E-state index in [4.69, 9.17) is 5.11 Å². The smallest absolute Gasteiger partial charge is 0.320 e. The van der Waals surface area contributed by atoms with E-state index in [1.807, 2.05) is 20.8 Å². The monoisotopic (exact) mass is 261 g/mol. The first kappa shape index (κ1) is 15.0. The Hall–Kier alpha value is -2.06. The highest BCUT2D eigenvalue weighted by Gasteiger charge is 2.13. The zero-order valence-corrected chi connectivity index (χ0v) is 11.4. The third-order valence-electron chi connectivity index (χ3n) is 1.93. The molecule has 0 bridgehead atoms. The highest BCUT2D eigenvalue weighted by molar-refractivity contribution is 5.88. The van der Waals surface area contributed by atoms with Gasteiger partial charge in [0.05, 0.1) is 6.61 Å². The minimum absolute atomic E-state index is 0.0267. The molecule has 1 heterocycles. The number of carbonyl (C=O) groups is 1. The molecule has 0 unspecified atom stereocenters. The fourth-order valence-electron chi connectivity index (χ4n) is 1.27. The largest absolute Gasteiger partial charge is 0.395 e. The fraction of sp³-hybridized carbons (Fsp3) is 0.429. The molecule has 0 atom stereocenters. The predicted molar refractivity (Wildman–Crippen MR) is 74.7 cm³/mol. The quantitative estimate of drug-likeness (QED) is 0.710. The van der Waals surface area contributed by atoms with Gasteiger partial charge in [-0.2, -0.15) is 0 Å². The Morgan fingerprint density at radius 2 is 2.16 bits per heavy atom. The Kier molecular flexibility index (Phi) is 5.34. The van der Waals surface area contributed by atoms with Gasteiger partial charge in [-0.25, -0.2) is 9.78 Å². The summed E-state index contributed by atoms with van der Waals surface area (Å²) in [7, 11) is 0. The van der Waals surface area contributed by atoms with Crippen molar-refractivity contribution in [3.8, 4) is 11.8 Å². The zero-order valence-electron chi connectivity index (χ0n) is 11.4. The molecule has 102 valence electrons. The molecule has 19 heavy (non-hydrogen) atoms. The molecule has 0 aliphatic rings. The minimum atomic E-state index is -0.305. The van der Waals surface area contributed by atoms with Gasteiger partial charge >= 0.3 is 6.03 Å². The molecule has 5 heteroatoms.